The van der Waals surface area contributed by atoms with Gasteiger partial charge >= 0.3 is 5.97 Å². The lowest BCUT2D eigenvalue weighted by atomic mass is 10.1. The molecule has 0 bridgehead atoms. The molecule has 5 heteroatoms. The number of rotatable bonds is 5. The van der Waals surface area contributed by atoms with Crippen LogP contribution in [0.3, 0.4) is 0 Å². The van der Waals surface area contributed by atoms with Crippen LogP contribution in [-0.4, -0.2) is 15.9 Å². The van der Waals surface area contributed by atoms with Crippen molar-refractivity contribution in [1.29, 1.82) is 0 Å². The van der Waals surface area contributed by atoms with Gasteiger partial charge < -0.3 is 10.1 Å². The molecule has 3 aromatic carbocycles. The molecular weight excluding hydrogens is 374 g/mol. The van der Waals surface area contributed by atoms with Gasteiger partial charge in [0.15, 0.2) is 0 Å². The Morgan fingerprint density at radius 1 is 0.833 bits per heavy atom. The van der Waals surface area contributed by atoms with E-state index in [-0.39, 0.29) is 5.97 Å². The first-order valence-corrected chi connectivity index (χ1v) is 9.64. The molecule has 0 radical (unpaired) electrons. The highest BCUT2D eigenvalue weighted by molar-refractivity contribution is 5.91. The third kappa shape index (κ3) is 4.70. The lowest BCUT2D eigenvalue weighted by Crippen LogP contribution is -2.08. The van der Waals surface area contributed by atoms with E-state index < -0.39 is 0 Å². The van der Waals surface area contributed by atoms with Crippen molar-refractivity contribution < 1.29 is 9.53 Å². The summed E-state index contributed by atoms with van der Waals surface area (Å²) in [6.07, 6.45) is 0. The van der Waals surface area contributed by atoms with Crippen LogP contribution in [0.1, 0.15) is 21.7 Å². The SMILES string of the molecule is Cc1cccc(C(=O)Oc2ccc(Nc3cc(-c4ccccc4)nc(C)n3)cc2)c1. The number of hydrogen-bond donors (Lipinski definition) is 1. The molecule has 0 saturated carbocycles. The van der Waals surface area contributed by atoms with Gasteiger partial charge in [-0.15, -0.1) is 0 Å². The summed E-state index contributed by atoms with van der Waals surface area (Å²) in [5.41, 5.74) is 4.27. The van der Waals surface area contributed by atoms with Gasteiger partial charge in [-0.25, -0.2) is 14.8 Å². The van der Waals surface area contributed by atoms with Crippen LogP contribution >= 0.6 is 0 Å². The van der Waals surface area contributed by atoms with E-state index in [1.165, 1.54) is 0 Å². The predicted molar refractivity (Wildman–Crippen MR) is 118 cm³/mol. The fraction of sp³-hybridized carbons (Fsp3) is 0.0800. The first-order valence-electron chi connectivity index (χ1n) is 9.64. The van der Waals surface area contributed by atoms with Crippen molar-refractivity contribution in [3.63, 3.8) is 0 Å². The largest absolute Gasteiger partial charge is 0.423 e. The van der Waals surface area contributed by atoms with E-state index in [1.807, 2.05) is 74.5 Å². The lowest BCUT2D eigenvalue weighted by molar-refractivity contribution is 0.0734. The Balaban J connectivity index is 1.47. The van der Waals surface area contributed by atoms with Crippen LogP contribution in [0.5, 0.6) is 5.75 Å². The molecule has 0 spiro atoms. The van der Waals surface area contributed by atoms with E-state index in [1.54, 1.807) is 24.3 Å². The smallest absolute Gasteiger partial charge is 0.343 e. The molecule has 1 heterocycles. The maximum Gasteiger partial charge on any atom is 0.343 e. The van der Waals surface area contributed by atoms with E-state index in [0.717, 1.165) is 22.5 Å². The molecule has 4 aromatic rings. The number of hydrogen-bond acceptors (Lipinski definition) is 5. The average molecular weight is 395 g/mol. The van der Waals surface area contributed by atoms with E-state index in [9.17, 15) is 4.79 Å². The lowest BCUT2D eigenvalue weighted by Gasteiger charge is -2.10. The standard InChI is InChI=1S/C25H21N3O2/c1-17-7-6-10-20(15-17)25(29)30-22-13-11-21(12-14-22)28-24-16-23(26-18(2)27-24)19-8-4-3-5-9-19/h3-16H,1-2H3,(H,26,27,28). The molecule has 5 nitrogen and oxygen atoms in total. The highest BCUT2D eigenvalue weighted by atomic mass is 16.5. The normalized spacial score (nSPS) is 10.5. The van der Waals surface area contributed by atoms with Gasteiger partial charge in [-0.3, -0.25) is 0 Å². The van der Waals surface area contributed by atoms with Crippen LogP contribution in [0.15, 0.2) is 84.9 Å². The number of ether oxygens (including phenoxy) is 1. The Labute approximate surface area is 175 Å². The fourth-order valence-corrected chi connectivity index (χ4v) is 3.08. The summed E-state index contributed by atoms with van der Waals surface area (Å²) in [6.45, 7) is 3.81. The predicted octanol–water partition coefficient (Wildman–Crippen LogP) is 5.72. The molecule has 0 fully saturated rings. The van der Waals surface area contributed by atoms with Crippen molar-refractivity contribution in [2.24, 2.45) is 0 Å². The van der Waals surface area contributed by atoms with Gasteiger partial charge in [-0.2, -0.15) is 0 Å². The third-order valence-corrected chi connectivity index (χ3v) is 4.50. The van der Waals surface area contributed by atoms with E-state index in [0.29, 0.717) is 23.0 Å². The molecule has 0 aliphatic rings. The Morgan fingerprint density at radius 3 is 2.33 bits per heavy atom. The van der Waals surface area contributed by atoms with Crippen LogP contribution in [-0.2, 0) is 0 Å². The van der Waals surface area contributed by atoms with Gasteiger partial charge in [0, 0.05) is 17.3 Å². The monoisotopic (exact) mass is 395 g/mol. The van der Waals surface area contributed by atoms with Crippen LogP contribution in [0, 0.1) is 13.8 Å². The molecular formula is C25H21N3O2. The quantitative estimate of drug-likeness (QED) is 0.346. The first-order chi connectivity index (χ1) is 14.6. The summed E-state index contributed by atoms with van der Waals surface area (Å²) >= 11 is 0. The van der Waals surface area contributed by atoms with Crippen molar-refractivity contribution in [3.05, 3.63) is 102 Å². The number of carbonyl (C=O) groups excluding carboxylic acids is 1. The van der Waals surface area contributed by atoms with Crippen LogP contribution in [0.25, 0.3) is 11.3 Å². The molecule has 1 aromatic heterocycles. The van der Waals surface area contributed by atoms with E-state index in [4.69, 9.17) is 4.74 Å². The second-order valence-electron chi connectivity index (χ2n) is 6.96. The Bertz CT molecular complexity index is 1170. The Morgan fingerprint density at radius 2 is 1.60 bits per heavy atom. The second-order valence-corrected chi connectivity index (χ2v) is 6.96. The highest BCUT2D eigenvalue weighted by Gasteiger charge is 2.09. The second kappa shape index (κ2) is 8.57. The molecule has 0 amide bonds. The Hall–Kier alpha value is -3.99. The molecule has 0 saturated heterocycles. The van der Waals surface area contributed by atoms with Crippen molar-refractivity contribution in [1.82, 2.24) is 9.97 Å². The Kier molecular flexibility index (Phi) is 5.52. The van der Waals surface area contributed by atoms with Gasteiger partial charge in [0.25, 0.3) is 0 Å². The summed E-state index contributed by atoms with van der Waals surface area (Å²) in [5.74, 6) is 1.49. The summed E-state index contributed by atoms with van der Waals surface area (Å²) in [7, 11) is 0. The zero-order valence-corrected chi connectivity index (χ0v) is 16.8. The maximum atomic E-state index is 12.3. The maximum absolute atomic E-state index is 12.3. The topological polar surface area (TPSA) is 64.1 Å². The van der Waals surface area contributed by atoms with Gasteiger partial charge in [-0.1, -0.05) is 48.0 Å². The molecule has 148 valence electrons. The molecule has 1 N–H and O–H groups in total. The summed E-state index contributed by atoms with van der Waals surface area (Å²) in [4.78, 5) is 21.3. The molecule has 0 aliphatic heterocycles. The van der Waals surface area contributed by atoms with E-state index >= 15 is 0 Å². The number of nitrogens with zero attached hydrogens (tertiary/aromatic N) is 2. The number of aryl methyl sites for hydroxylation is 2. The number of carbonyl (C=O) groups is 1. The molecule has 4 rings (SSSR count). The van der Waals surface area contributed by atoms with E-state index in [2.05, 4.69) is 15.3 Å². The van der Waals surface area contributed by atoms with Crippen LogP contribution < -0.4 is 10.1 Å². The number of anilines is 2. The molecule has 0 aliphatic carbocycles. The minimum absolute atomic E-state index is 0.377. The van der Waals surface area contributed by atoms with Crippen LogP contribution in [0.2, 0.25) is 0 Å². The zero-order valence-electron chi connectivity index (χ0n) is 16.8. The number of benzene rings is 3. The van der Waals surface area contributed by atoms with Gasteiger partial charge in [0.1, 0.15) is 17.4 Å². The third-order valence-electron chi connectivity index (χ3n) is 4.50. The first kappa shape index (κ1) is 19.3. The number of nitrogens with one attached hydrogen (secondary N) is 1. The minimum atomic E-state index is -0.377. The molecule has 30 heavy (non-hydrogen) atoms. The summed E-state index contributed by atoms with van der Waals surface area (Å²) < 4.78 is 5.46. The van der Waals surface area contributed by atoms with Gasteiger partial charge in [0.05, 0.1) is 11.3 Å². The van der Waals surface area contributed by atoms with Crippen molar-refractivity contribution in [2.75, 3.05) is 5.32 Å². The van der Waals surface area contributed by atoms with Crippen molar-refractivity contribution in [3.8, 4) is 17.0 Å². The number of esters is 1. The van der Waals surface area contributed by atoms with Gasteiger partial charge in [-0.05, 0) is 50.2 Å². The van der Waals surface area contributed by atoms with Crippen molar-refractivity contribution in [2.45, 2.75) is 13.8 Å². The molecule has 0 unspecified atom stereocenters. The number of aromatic nitrogens is 2. The summed E-state index contributed by atoms with van der Waals surface area (Å²) in [5, 5.41) is 3.28. The molecule has 0 atom stereocenters. The minimum Gasteiger partial charge on any atom is -0.423 e. The highest BCUT2D eigenvalue weighted by Crippen LogP contribution is 2.23. The fourth-order valence-electron chi connectivity index (χ4n) is 3.08. The van der Waals surface area contributed by atoms with Crippen LogP contribution in [0.4, 0.5) is 11.5 Å². The van der Waals surface area contributed by atoms with Crippen molar-refractivity contribution >= 4 is 17.5 Å². The average Bonchev–Trinajstić information content (AvgIpc) is 2.75. The zero-order chi connectivity index (χ0) is 20.9. The summed E-state index contributed by atoms with van der Waals surface area (Å²) in [6, 6.07) is 26.4. The van der Waals surface area contributed by atoms with Gasteiger partial charge in [0.2, 0.25) is 0 Å².